The molecular formula is C23H19BrF3N5. The molecule has 164 valence electrons. The van der Waals surface area contributed by atoms with E-state index in [4.69, 9.17) is 0 Å². The number of nitrogens with zero attached hydrogens (tertiary/aromatic N) is 3. The summed E-state index contributed by atoms with van der Waals surface area (Å²) in [5.41, 5.74) is 2.58. The van der Waals surface area contributed by atoms with Crippen LogP contribution in [0.15, 0.2) is 53.0 Å². The minimum Gasteiger partial charge on any atom is -0.370 e. The fraction of sp³-hybridized carbons (Fsp3) is 0.217. The molecule has 0 amide bonds. The van der Waals surface area contributed by atoms with Crippen molar-refractivity contribution in [3.8, 4) is 17.2 Å². The number of alkyl halides is 3. The zero-order chi connectivity index (χ0) is 22.9. The normalized spacial score (nSPS) is 11.8. The first-order chi connectivity index (χ1) is 15.3. The van der Waals surface area contributed by atoms with E-state index in [1.807, 2.05) is 29.5 Å². The fourth-order valence-corrected chi connectivity index (χ4v) is 3.97. The number of nitriles is 1. The van der Waals surface area contributed by atoms with Gasteiger partial charge in [-0.25, -0.2) is 4.98 Å². The van der Waals surface area contributed by atoms with E-state index in [-0.39, 0.29) is 0 Å². The molecule has 0 saturated heterocycles. The Labute approximate surface area is 191 Å². The molecule has 9 heteroatoms. The fourth-order valence-electron chi connectivity index (χ4n) is 3.62. The first kappa shape index (κ1) is 22.1. The Bertz CT molecular complexity index is 1320. The standard InChI is InChI=1S/C23H19BrF3N5/c1-2-29-9-10-30-21-12-17(14-3-5-15(6-4-14)23(25,26)27)18(13-28)22-31-19-11-16(24)7-8-20(19)32(21)22/h3-8,11-12,29-30H,2,9-10H2,1H3. The maximum Gasteiger partial charge on any atom is 0.416 e. The van der Waals surface area contributed by atoms with Gasteiger partial charge in [0.15, 0.2) is 5.65 Å². The highest BCUT2D eigenvalue weighted by Gasteiger charge is 2.30. The van der Waals surface area contributed by atoms with Crippen LogP contribution >= 0.6 is 15.9 Å². The van der Waals surface area contributed by atoms with Crippen molar-refractivity contribution in [1.29, 1.82) is 5.26 Å². The van der Waals surface area contributed by atoms with Crippen molar-refractivity contribution in [3.05, 3.63) is 64.1 Å². The number of rotatable bonds is 6. The van der Waals surface area contributed by atoms with Crippen LogP contribution in [0.2, 0.25) is 0 Å². The Morgan fingerprint density at radius 1 is 1.09 bits per heavy atom. The van der Waals surface area contributed by atoms with E-state index in [1.54, 1.807) is 6.07 Å². The lowest BCUT2D eigenvalue weighted by atomic mass is 10.00. The maximum absolute atomic E-state index is 13.0. The SMILES string of the molecule is CCNCCNc1cc(-c2ccc(C(F)(F)F)cc2)c(C#N)c2nc3cc(Br)ccc3n12. The van der Waals surface area contributed by atoms with Crippen LogP contribution in [0.5, 0.6) is 0 Å². The summed E-state index contributed by atoms with van der Waals surface area (Å²) in [6.45, 7) is 4.20. The zero-order valence-corrected chi connectivity index (χ0v) is 18.7. The van der Waals surface area contributed by atoms with Crippen LogP contribution in [0.25, 0.3) is 27.8 Å². The lowest BCUT2D eigenvalue weighted by molar-refractivity contribution is -0.137. The van der Waals surface area contributed by atoms with Crippen LogP contribution in [-0.2, 0) is 6.18 Å². The first-order valence-corrected chi connectivity index (χ1v) is 10.8. The number of benzene rings is 2. The Hall–Kier alpha value is -3.09. The first-order valence-electron chi connectivity index (χ1n) is 10.0. The second-order valence-electron chi connectivity index (χ2n) is 7.19. The van der Waals surface area contributed by atoms with Crippen LogP contribution in [-0.4, -0.2) is 29.0 Å². The molecule has 0 spiro atoms. The third kappa shape index (κ3) is 4.16. The molecule has 5 nitrogen and oxygen atoms in total. The molecule has 2 aromatic heterocycles. The molecular weight excluding hydrogens is 483 g/mol. The van der Waals surface area contributed by atoms with Crippen molar-refractivity contribution < 1.29 is 13.2 Å². The van der Waals surface area contributed by atoms with Crippen molar-refractivity contribution in [2.24, 2.45) is 0 Å². The molecule has 2 aromatic carbocycles. The number of anilines is 1. The Balaban J connectivity index is 1.93. The summed E-state index contributed by atoms with van der Waals surface area (Å²) in [5, 5.41) is 16.6. The molecule has 0 bridgehead atoms. The predicted octanol–water partition coefficient (Wildman–Crippen LogP) is 5.83. The van der Waals surface area contributed by atoms with Crippen molar-refractivity contribution in [1.82, 2.24) is 14.7 Å². The average molecular weight is 502 g/mol. The second kappa shape index (κ2) is 8.81. The van der Waals surface area contributed by atoms with Crippen molar-refractivity contribution in [2.75, 3.05) is 25.0 Å². The highest BCUT2D eigenvalue weighted by molar-refractivity contribution is 9.10. The largest absolute Gasteiger partial charge is 0.416 e. The molecule has 0 aliphatic carbocycles. The number of hydrogen-bond donors (Lipinski definition) is 2. The van der Waals surface area contributed by atoms with Gasteiger partial charge in [0.25, 0.3) is 0 Å². The minimum absolute atomic E-state index is 0.300. The summed E-state index contributed by atoms with van der Waals surface area (Å²) in [4.78, 5) is 4.67. The van der Waals surface area contributed by atoms with Crippen LogP contribution in [0, 0.1) is 11.3 Å². The van der Waals surface area contributed by atoms with Crippen molar-refractivity contribution in [2.45, 2.75) is 13.1 Å². The second-order valence-corrected chi connectivity index (χ2v) is 8.11. The van der Waals surface area contributed by atoms with E-state index in [0.717, 1.165) is 35.2 Å². The number of pyridine rings is 1. The molecule has 4 rings (SSSR count). The highest BCUT2D eigenvalue weighted by atomic mass is 79.9. The Morgan fingerprint density at radius 3 is 2.50 bits per heavy atom. The van der Waals surface area contributed by atoms with Gasteiger partial charge in [0.2, 0.25) is 0 Å². The predicted molar refractivity (Wildman–Crippen MR) is 123 cm³/mol. The number of hydrogen-bond acceptors (Lipinski definition) is 4. The zero-order valence-electron chi connectivity index (χ0n) is 17.1. The average Bonchev–Trinajstić information content (AvgIpc) is 3.14. The van der Waals surface area contributed by atoms with E-state index in [9.17, 15) is 18.4 Å². The van der Waals surface area contributed by atoms with Gasteiger partial charge in [0.05, 0.1) is 16.6 Å². The van der Waals surface area contributed by atoms with Gasteiger partial charge in [-0.2, -0.15) is 18.4 Å². The summed E-state index contributed by atoms with van der Waals surface area (Å²) >= 11 is 3.45. The molecule has 0 unspecified atom stereocenters. The molecule has 0 aliphatic rings. The number of fused-ring (bicyclic) bond motifs is 3. The van der Waals surface area contributed by atoms with E-state index in [2.05, 4.69) is 37.6 Å². The lowest BCUT2D eigenvalue weighted by Crippen LogP contribution is -2.22. The molecule has 4 aromatic rings. The number of likely N-dealkylation sites (N-methyl/N-ethyl adjacent to an activating group) is 1. The number of nitrogens with one attached hydrogen (secondary N) is 2. The number of imidazole rings is 1. The number of aromatic nitrogens is 2. The van der Waals surface area contributed by atoms with Gasteiger partial charge < -0.3 is 10.6 Å². The molecule has 0 fully saturated rings. The van der Waals surface area contributed by atoms with Gasteiger partial charge >= 0.3 is 6.18 Å². The summed E-state index contributed by atoms with van der Waals surface area (Å²) < 4.78 is 41.8. The van der Waals surface area contributed by atoms with Gasteiger partial charge in [-0.3, -0.25) is 4.40 Å². The van der Waals surface area contributed by atoms with E-state index < -0.39 is 11.7 Å². The molecule has 32 heavy (non-hydrogen) atoms. The van der Waals surface area contributed by atoms with E-state index >= 15 is 0 Å². The maximum atomic E-state index is 13.0. The topological polar surface area (TPSA) is 65.1 Å². The van der Waals surface area contributed by atoms with Crippen molar-refractivity contribution >= 4 is 38.4 Å². The van der Waals surface area contributed by atoms with Gasteiger partial charge in [-0.15, -0.1) is 0 Å². The number of halogens is 4. The van der Waals surface area contributed by atoms with Crippen LogP contribution < -0.4 is 10.6 Å². The van der Waals surface area contributed by atoms with E-state index in [0.29, 0.717) is 40.2 Å². The molecule has 0 saturated carbocycles. The summed E-state index contributed by atoms with van der Waals surface area (Å²) in [7, 11) is 0. The van der Waals surface area contributed by atoms with Crippen LogP contribution in [0.1, 0.15) is 18.1 Å². The van der Waals surface area contributed by atoms with Gasteiger partial charge in [-0.1, -0.05) is 35.0 Å². The van der Waals surface area contributed by atoms with Gasteiger partial charge in [0.1, 0.15) is 17.5 Å². The molecule has 2 heterocycles. The summed E-state index contributed by atoms with van der Waals surface area (Å²) in [6.07, 6.45) is -4.42. The third-order valence-electron chi connectivity index (χ3n) is 5.12. The molecule has 0 atom stereocenters. The monoisotopic (exact) mass is 501 g/mol. The Morgan fingerprint density at radius 2 is 1.84 bits per heavy atom. The van der Waals surface area contributed by atoms with Gasteiger partial charge in [0, 0.05) is 23.1 Å². The van der Waals surface area contributed by atoms with Crippen molar-refractivity contribution in [3.63, 3.8) is 0 Å². The smallest absolute Gasteiger partial charge is 0.370 e. The summed E-state index contributed by atoms with van der Waals surface area (Å²) in [6, 6.07) is 14.5. The van der Waals surface area contributed by atoms with E-state index in [1.165, 1.54) is 12.1 Å². The molecule has 0 aliphatic heterocycles. The lowest BCUT2D eigenvalue weighted by Gasteiger charge is -2.15. The minimum atomic E-state index is -4.42. The molecule has 2 N–H and O–H groups in total. The van der Waals surface area contributed by atoms with Crippen LogP contribution in [0.3, 0.4) is 0 Å². The summed E-state index contributed by atoms with van der Waals surface area (Å²) in [5.74, 6) is 0.705. The third-order valence-corrected chi connectivity index (χ3v) is 5.62. The Kier molecular flexibility index (Phi) is 6.09. The quantitative estimate of drug-likeness (QED) is 0.326. The highest BCUT2D eigenvalue weighted by Crippen LogP contribution is 2.35. The molecule has 0 radical (unpaired) electrons. The van der Waals surface area contributed by atoms with Crippen LogP contribution in [0.4, 0.5) is 19.0 Å². The van der Waals surface area contributed by atoms with Gasteiger partial charge in [-0.05, 0) is 48.5 Å².